The molecule has 158 valence electrons. The molecular formula is C16H4BF10NO2. The van der Waals surface area contributed by atoms with Crippen LogP contribution >= 0.6 is 0 Å². The number of hydrogen-bond acceptors (Lipinski definition) is 2. The van der Waals surface area contributed by atoms with Crippen molar-refractivity contribution in [3.63, 3.8) is 0 Å². The lowest BCUT2D eigenvalue weighted by Crippen LogP contribution is -2.39. The quantitative estimate of drug-likeness (QED) is 0.243. The van der Waals surface area contributed by atoms with E-state index in [4.69, 9.17) is 0 Å². The summed E-state index contributed by atoms with van der Waals surface area (Å²) in [4.78, 5) is 0. The number of aromatic nitrogens is 1. The second-order valence-electron chi connectivity index (χ2n) is 5.47. The van der Waals surface area contributed by atoms with Crippen LogP contribution in [-0.2, 0) is 0 Å². The van der Waals surface area contributed by atoms with Crippen LogP contribution < -0.4 is 9.31 Å². The third kappa shape index (κ3) is 3.41. The average molecular weight is 443 g/mol. The molecule has 3 nitrogen and oxygen atoms in total. The van der Waals surface area contributed by atoms with Crippen molar-refractivity contribution in [2.45, 2.75) is 0 Å². The van der Waals surface area contributed by atoms with Gasteiger partial charge in [0.1, 0.15) is 0 Å². The van der Waals surface area contributed by atoms with Crippen molar-refractivity contribution in [1.82, 2.24) is 4.48 Å². The minimum Gasteiger partial charge on any atom is -0.502 e. The molecule has 0 spiro atoms. The Balaban J connectivity index is 2.11. The highest BCUT2D eigenvalue weighted by molar-refractivity contribution is 6.44. The van der Waals surface area contributed by atoms with Gasteiger partial charge in [-0.1, -0.05) is 0 Å². The van der Waals surface area contributed by atoms with Gasteiger partial charge in [-0.25, -0.2) is 26.3 Å². The summed E-state index contributed by atoms with van der Waals surface area (Å²) in [5.74, 6) is -28.4. The van der Waals surface area contributed by atoms with Gasteiger partial charge in [0, 0.05) is 0 Å². The lowest BCUT2D eigenvalue weighted by molar-refractivity contribution is 0.306. The van der Waals surface area contributed by atoms with Crippen molar-refractivity contribution in [2.24, 2.45) is 0 Å². The normalized spacial score (nSPS) is 11.0. The maximum Gasteiger partial charge on any atom is 0.742 e. The molecule has 0 bridgehead atoms. The van der Waals surface area contributed by atoms with E-state index in [1.807, 2.05) is 0 Å². The van der Waals surface area contributed by atoms with Crippen LogP contribution in [0.15, 0.2) is 24.5 Å². The summed E-state index contributed by atoms with van der Waals surface area (Å²) in [7, 11) is -2.46. The first-order valence-electron chi connectivity index (χ1n) is 7.54. The van der Waals surface area contributed by atoms with Crippen molar-refractivity contribution in [3.8, 4) is 11.5 Å². The summed E-state index contributed by atoms with van der Waals surface area (Å²) in [6.07, 6.45) is 1.95. The van der Waals surface area contributed by atoms with Gasteiger partial charge in [-0.05, 0) is 24.5 Å². The first-order chi connectivity index (χ1) is 14.1. The lowest BCUT2D eigenvalue weighted by atomic mass is 10.1. The summed E-state index contributed by atoms with van der Waals surface area (Å²) in [5, 5.41) is 0. The molecule has 1 heterocycles. The topological polar surface area (TPSA) is 23.4 Å². The van der Waals surface area contributed by atoms with Crippen molar-refractivity contribution < 1.29 is 53.2 Å². The van der Waals surface area contributed by atoms with Crippen LogP contribution in [0.1, 0.15) is 0 Å². The molecule has 0 aliphatic heterocycles. The van der Waals surface area contributed by atoms with E-state index < -0.39 is 76.9 Å². The molecule has 1 aromatic heterocycles. The molecule has 3 rings (SSSR count). The number of halogens is 10. The highest BCUT2D eigenvalue weighted by atomic mass is 19.2. The Kier molecular flexibility index (Phi) is 5.59. The first kappa shape index (κ1) is 21.4. The SMILES string of the molecule is Fc1c(F)c(F)c(OB(Oc2c(F)c(F)c(F)c(F)c2F)n2cccc2)c(F)c1F. The van der Waals surface area contributed by atoms with Gasteiger partial charge in [-0.3, -0.25) is 0 Å². The highest BCUT2D eigenvalue weighted by Gasteiger charge is 2.37. The molecule has 2 aromatic carbocycles. The molecule has 3 aromatic rings. The van der Waals surface area contributed by atoms with Gasteiger partial charge in [0.15, 0.2) is 11.5 Å². The summed E-state index contributed by atoms with van der Waals surface area (Å²) >= 11 is 0. The molecule has 0 fully saturated rings. The standard InChI is InChI=1S/C16H4BF10NO2/c18-5-7(20)11(24)15(12(25)8(5)21)29-17(28-3-1-2-4-28)30-16-13(26)9(22)6(19)10(23)14(16)27/h1-4H. The number of nitrogens with zero attached hydrogens (tertiary/aromatic N) is 1. The third-order valence-electron chi connectivity index (χ3n) is 3.65. The van der Waals surface area contributed by atoms with E-state index in [0.29, 0.717) is 4.48 Å². The Hall–Kier alpha value is -3.32. The second-order valence-corrected chi connectivity index (χ2v) is 5.47. The van der Waals surface area contributed by atoms with Gasteiger partial charge in [0.25, 0.3) is 0 Å². The van der Waals surface area contributed by atoms with Gasteiger partial charge in [0.05, 0.1) is 0 Å². The monoisotopic (exact) mass is 443 g/mol. The zero-order valence-electron chi connectivity index (χ0n) is 13.9. The molecular weight excluding hydrogens is 439 g/mol. The van der Waals surface area contributed by atoms with Crippen LogP contribution in [0.4, 0.5) is 43.9 Å². The van der Waals surface area contributed by atoms with Gasteiger partial charge >= 0.3 is 7.25 Å². The first-order valence-corrected chi connectivity index (χ1v) is 7.54. The van der Waals surface area contributed by atoms with Crippen LogP contribution in [0.2, 0.25) is 0 Å². The van der Waals surface area contributed by atoms with E-state index in [9.17, 15) is 43.9 Å². The van der Waals surface area contributed by atoms with Crippen LogP contribution in [-0.4, -0.2) is 11.7 Å². The van der Waals surface area contributed by atoms with Crippen LogP contribution in [0.25, 0.3) is 0 Å². The van der Waals surface area contributed by atoms with E-state index in [2.05, 4.69) is 9.31 Å². The highest BCUT2D eigenvalue weighted by Crippen LogP contribution is 2.32. The summed E-state index contributed by atoms with van der Waals surface area (Å²) < 4.78 is 145. The molecule has 0 saturated carbocycles. The predicted octanol–water partition coefficient (Wildman–Crippen LogP) is 4.87. The van der Waals surface area contributed by atoms with E-state index >= 15 is 0 Å². The fourth-order valence-corrected chi connectivity index (χ4v) is 2.21. The molecule has 0 atom stereocenters. The fraction of sp³-hybridized carbons (Fsp3) is 0. The Morgan fingerprint density at radius 1 is 0.467 bits per heavy atom. The smallest absolute Gasteiger partial charge is 0.502 e. The van der Waals surface area contributed by atoms with Gasteiger partial charge in [0.2, 0.25) is 58.2 Å². The predicted molar refractivity (Wildman–Crippen MR) is 79.3 cm³/mol. The number of hydrogen-bond donors (Lipinski definition) is 0. The Morgan fingerprint density at radius 3 is 1.03 bits per heavy atom. The van der Waals surface area contributed by atoms with Crippen molar-refractivity contribution >= 4 is 7.25 Å². The van der Waals surface area contributed by atoms with E-state index in [0.717, 1.165) is 12.4 Å². The van der Waals surface area contributed by atoms with E-state index in [1.54, 1.807) is 0 Å². The molecule has 0 aliphatic rings. The molecule has 30 heavy (non-hydrogen) atoms. The number of rotatable bonds is 5. The molecule has 0 aliphatic carbocycles. The number of benzene rings is 2. The summed E-state index contributed by atoms with van der Waals surface area (Å²) in [6.45, 7) is 0. The van der Waals surface area contributed by atoms with Crippen LogP contribution in [0.3, 0.4) is 0 Å². The van der Waals surface area contributed by atoms with Crippen molar-refractivity contribution in [2.75, 3.05) is 0 Å². The van der Waals surface area contributed by atoms with Crippen LogP contribution in [0.5, 0.6) is 11.5 Å². The Bertz CT molecular complexity index is 993. The van der Waals surface area contributed by atoms with E-state index in [1.165, 1.54) is 12.1 Å². The Labute approximate surface area is 160 Å². The van der Waals surface area contributed by atoms with Gasteiger partial charge in [-0.2, -0.15) is 17.6 Å². The third-order valence-corrected chi connectivity index (χ3v) is 3.65. The maximum absolute atomic E-state index is 13.9. The molecule has 14 heteroatoms. The van der Waals surface area contributed by atoms with E-state index in [-0.39, 0.29) is 0 Å². The van der Waals surface area contributed by atoms with Gasteiger partial charge in [-0.15, -0.1) is 0 Å². The molecule has 0 unspecified atom stereocenters. The minimum atomic E-state index is -2.52. The minimum absolute atomic E-state index is 0.635. The van der Waals surface area contributed by atoms with Crippen molar-refractivity contribution in [3.05, 3.63) is 82.7 Å². The molecule has 0 N–H and O–H groups in total. The lowest BCUT2D eigenvalue weighted by Gasteiger charge is -2.19. The maximum atomic E-state index is 13.9. The van der Waals surface area contributed by atoms with Gasteiger partial charge < -0.3 is 13.8 Å². The zero-order chi connectivity index (χ0) is 22.3. The molecule has 0 amide bonds. The second kappa shape index (κ2) is 7.84. The Morgan fingerprint density at radius 2 is 0.733 bits per heavy atom. The fourth-order valence-electron chi connectivity index (χ4n) is 2.21. The largest absolute Gasteiger partial charge is 0.742 e. The zero-order valence-corrected chi connectivity index (χ0v) is 13.9. The van der Waals surface area contributed by atoms with Crippen LogP contribution in [0, 0.1) is 58.2 Å². The molecule has 0 radical (unpaired) electrons. The average Bonchev–Trinajstić information content (AvgIpc) is 3.27. The van der Waals surface area contributed by atoms with Crippen molar-refractivity contribution in [1.29, 1.82) is 0 Å². The summed E-state index contributed by atoms with van der Waals surface area (Å²) in [5.41, 5.74) is 0. The molecule has 0 saturated heterocycles. The summed E-state index contributed by atoms with van der Waals surface area (Å²) in [6, 6.07) is 2.41.